The summed E-state index contributed by atoms with van der Waals surface area (Å²) in [5.41, 5.74) is 5.70. The molecule has 0 aliphatic rings. The molecule has 0 aliphatic heterocycles. The van der Waals surface area contributed by atoms with Gasteiger partial charge in [-0.3, -0.25) is 4.79 Å². The van der Waals surface area contributed by atoms with Crippen LogP contribution in [0.5, 0.6) is 0 Å². The Morgan fingerprint density at radius 3 is 2.77 bits per heavy atom. The molecular formula is C8H6BrClFNO. The van der Waals surface area contributed by atoms with E-state index >= 15 is 0 Å². The number of anilines is 1. The highest BCUT2D eigenvalue weighted by Gasteiger charge is 2.16. The van der Waals surface area contributed by atoms with E-state index in [1.165, 1.54) is 6.07 Å². The Bertz CT molecular complexity index is 356. The van der Waals surface area contributed by atoms with Crippen LogP contribution < -0.4 is 5.73 Å². The summed E-state index contributed by atoms with van der Waals surface area (Å²) in [7, 11) is 0. The van der Waals surface area contributed by atoms with E-state index in [1.807, 2.05) is 0 Å². The van der Waals surface area contributed by atoms with Crippen molar-refractivity contribution in [2.75, 3.05) is 11.6 Å². The number of nitrogens with two attached hydrogens (primary N) is 1. The molecule has 0 amide bonds. The number of hydrogen-bond donors (Lipinski definition) is 1. The molecule has 0 aromatic heterocycles. The molecule has 1 aromatic carbocycles. The first kappa shape index (κ1) is 10.5. The number of hydrogen-bond acceptors (Lipinski definition) is 2. The Morgan fingerprint density at radius 1 is 1.62 bits per heavy atom. The molecule has 0 spiro atoms. The van der Waals surface area contributed by atoms with Crippen LogP contribution in [0.15, 0.2) is 16.6 Å². The molecule has 2 N–H and O–H groups in total. The van der Waals surface area contributed by atoms with E-state index in [0.717, 1.165) is 6.07 Å². The first-order chi connectivity index (χ1) is 6.07. The molecule has 0 heterocycles. The van der Waals surface area contributed by atoms with Crippen molar-refractivity contribution >= 4 is 39.0 Å². The van der Waals surface area contributed by atoms with E-state index in [2.05, 4.69) is 15.9 Å². The third-order valence-electron chi connectivity index (χ3n) is 1.52. The minimum Gasteiger partial charge on any atom is -0.398 e. The SMILES string of the molecule is Nc1ccc(F)c(C(=O)CCl)c1Br. The zero-order chi connectivity index (χ0) is 10.0. The number of benzene rings is 1. The normalized spacial score (nSPS) is 10.1. The van der Waals surface area contributed by atoms with Crippen molar-refractivity contribution in [1.82, 2.24) is 0 Å². The van der Waals surface area contributed by atoms with Crippen molar-refractivity contribution in [2.24, 2.45) is 0 Å². The summed E-state index contributed by atoms with van der Waals surface area (Å²) in [4.78, 5) is 11.1. The van der Waals surface area contributed by atoms with E-state index in [0.29, 0.717) is 5.69 Å². The van der Waals surface area contributed by atoms with Crippen LogP contribution in [-0.4, -0.2) is 11.7 Å². The highest BCUT2D eigenvalue weighted by molar-refractivity contribution is 9.10. The van der Waals surface area contributed by atoms with Crippen molar-refractivity contribution in [1.29, 1.82) is 0 Å². The van der Waals surface area contributed by atoms with Gasteiger partial charge in [0.05, 0.1) is 15.9 Å². The quantitative estimate of drug-likeness (QED) is 0.508. The van der Waals surface area contributed by atoms with Crippen LogP contribution in [0.2, 0.25) is 0 Å². The van der Waals surface area contributed by atoms with Crippen molar-refractivity contribution < 1.29 is 9.18 Å². The van der Waals surface area contributed by atoms with Gasteiger partial charge in [-0.05, 0) is 28.1 Å². The fourth-order valence-electron chi connectivity index (χ4n) is 0.891. The second-order valence-corrected chi connectivity index (χ2v) is 3.44. The highest BCUT2D eigenvalue weighted by Crippen LogP contribution is 2.26. The Hall–Kier alpha value is -0.610. The molecule has 0 radical (unpaired) electrons. The molecule has 0 unspecified atom stereocenters. The summed E-state index contributed by atoms with van der Waals surface area (Å²) in [6.45, 7) is 0. The van der Waals surface area contributed by atoms with Gasteiger partial charge in [-0.2, -0.15) is 0 Å². The molecule has 1 aromatic rings. The van der Waals surface area contributed by atoms with Crippen molar-refractivity contribution in [3.8, 4) is 0 Å². The zero-order valence-corrected chi connectivity index (χ0v) is 8.82. The monoisotopic (exact) mass is 265 g/mol. The van der Waals surface area contributed by atoms with Gasteiger partial charge in [-0.25, -0.2) is 4.39 Å². The van der Waals surface area contributed by atoms with Gasteiger partial charge in [0.2, 0.25) is 0 Å². The van der Waals surface area contributed by atoms with Gasteiger partial charge < -0.3 is 5.73 Å². The number of halogens is 3. The third-order valence-corrected chi connectivity index (χ3v) is 2.62. The topological polar surface area (TPSA) is 43.1 Å². The van der Waals surface area contributed by atoms with Crippen LogP contribution in [0.3, 0.4) is 0 Å². The maximum absolute atomic E-state index is 13.1. The Morgan fingerprint density at radius 2 is 2.23 bits per heavy atom. The van der Waals surface area contributed by atoms with Gasteiger partial charge in [0, 0.05) is 5.69 Å². The molecule has 0 aliphatic carbocycles. The molecular weight excluding hydrogens is 260 g/mol. The fourth-order valence-corrected chi connectivity index (χ4v) is 1.57. The first-order valence-corrected chi connectivity index (χ1v) is 4.73. The molecule has 1 rings (SSSR count). The first-order valence-electron chi connectivity index (χ1n) is 3.40. The predicted octanol–water partition coefficient (Wildman–Crippen LogP) is 2.59. The lowest BCUT2D eigenvalue weighted by molar-refractivity contribution is 0.101. The van der Waals surface area contributed by atoms with E-state index in [4.69, 9.17) is 17.3 Å². The second kappa shape index (κ2) is 4.07. The van der Waals surface area contributed by atoms with Crippen molar-refractivity contribution in [2.45, 2.75) is 0 Å². The van der Waals surface area contributed by atoms with Gasteiger partial charge >= 0.3 is 0 Å². The molecule has 0 saturated carbocycles. The number of carbonyl (C=O) groups excluding carboxylic acids is 1. The van der Waals surface area contributed by atoms with Gasteiger partial charge in [-0.15, -0.1) is 11.6 Å². The lowest BCUT2D eigenvalue weighted by Crippen LogP contribution is -2.06. The predicted molar refractivity (Wildman–Crippen MR) is 53.6 cm³/mol. The van der Waals surface area contributed by atoms with Crippen LogP contribution in [0, 0.1) is 5.82 Å². The van der Waals surface area contributed by atoms with Gasteiger partial charge in [0.15, 0.2) is 5.78 Å². The van der Waals surface area contributed by atoms with Gasteiger partial charge in [0.25, 0.3) is 0 Å². The molecule has 2 nitrogen and oxygen atoms in total. The number of rotatable bonds is 2. The average molecular weight is 266 g/mol. The smallest absolute Gasteiger partial charge is 0.181 e. The maximum Gasteiger partial charge on any atom is 0.181 e. The highest BCUT2D eigenvalue weighted by atomic mass is 79.9. The Labute approximate surface area is 88.0 Å². The summed E-state index contributed by atoms with van der Waals surface area (Å²) >= 11 is 8.33. The van der Waals surface area contributed by atoms with Crippen LogP contribution in [0.25, 0.3) is 0 Å². The fraction of sp³-hybridized carbons (Fsp3) is 0.125. The van der Waals surface area contributed by atoms with E-state index in [1.54, 1.807) is 0 Å². The largest absolute Gasteiger partial charge is 0.398 e. The molecule has 0 bridgehead atoms. The third kappa shape index (κ3) is 2.00. The molecule has 13 heavy (non-hydrogen) atoms. The van der Waals surface area contributed by atoms with Crippen molar-refractivity contribution in [3.05, 3.63) is 28.0 Å². The van der Waals surface area contributed by atoms with Crippen molar-refractivity contribution in [3.63, 3.8) is 0 Å². The van der Waals surface area contributed by atoms with E-state index in [9.17, 15) is 9.18 Å². The number of ketones is 1. The summed E-state index contributed by atoms with van der Waals surface area (Å²) in [6.07, 6.45) is 0. The van der Waals surface area contributed by atoms with Crippen LogP contribution in [0.1, 0.15) is 10.4 Å². The zero-order valence-electron chi connectivity index (χ0n) is 6.48. The van der Waals surface area contributed by atoms with Gasteiger partial charge in [0.1, 0.15) is 5.82 Å². The number of carbonyl (C=O) groups is 1. The summed E-state index contributed by atoms with van der Waals surface area (Å²) in [5.74, 6) is -1.37. The second-order valence-electron chi connectivity index (χ2n) is 2.38. The van der Waals surface area contributed by atoms with Crippen LogP contribution >= 0.6 is 27.5 Å². The average Bonchev–Trinajstić information content (AvgIpc) is 2.12. The van der Waals surface area contributed by atoms with E-state index < -0.39 is 11.6 Å². The van der Waals surface area contributed by atoms with E-state index in [-0.39, 0.29) is 15.9 Å². The van der Waals surface area contributed by atoms with Gasteiger partial charge in [-0.1, -0.05) is 0 Å². The molecule has 0 atom stereocenters. The number of alkyl halides is 1. The standard InChI is InChI=1S/C8H6BrClFNO/c9-8-5(12)2-1-4(11)7(8)6(13)3-10/h1-2H,3,12H2. The summed E-state index contributed by atoms with van der Waals surface area (Å²) < 4.78 is 13.4. The lowest BCUT2D eigenvalue weighted by Gasteiger charge is -2.05. The maximum atomic E-state index is 13.1. The Kier molecular flexibility index (Phi) is 3.27. The molecule has 0 saturated heterocycles. The number of Topliss-reactive ketones (excluding diaryl/α,β-unsaturated/α-hetero) is 1. The van der Waals surface area contributed by atoms with Crippen LogP contribution in [0.4, 0.5) is 10.1 Å². The minimum atomic E-state index is -0.619. The molecule has 0 fully saturated rings. The summed E-state index contributed by atoms with van der Waals surface area (Å²) in [6, 6.07) is 2.52. The number of nitrogen functional groups attached to an aromatic ring is 1. The Balaban J connectivity index is 3.33. The minimum absolute atomic E-state index is 0.0880. The molecule has 5 heteroatoms. The lowest BCUT2D eigenvalue weighted by atomic mass is 10.1. The summed E-state index contributed by atoms with van der Waals surface area (Å²) in [5, 5.41) is 0. The molecule has 70 valence electrons. The van der Waals surface area contributed by atoms with Crippen LogP contribution in [-0.2, 0) is 0 Å².